The van der Waals surface area contributed by atoms with Crippen LogP contribution in [0.15, 0.2) is 24.3 Å². The van der Waals surface area contributed by atoms with Crippen LogP contribution in [0.3, 0.4) is 0 Å². The average molecular weight is 260 g/mol. The van der Waals surface area contributed by atoms with Crippen LogP contribution < -0.4 is 5.32 Å². The zero-order chi connectivity index (χ0) is 13.7. The predicted octanol–water partition coefficient (Wildman–Crippen LogP) is 3.27. The fraction of sp³-hybridized carbons (Fsp3) is 0.647. The van der Waals surface area contributed by atoms with Gasteiger partial charge in [0.15, 0.2) is 0 Å². The van der Waals surface area contributed by atoms with Gasteiger partial charge in [-0.25, -0.2) is 0 Å². The van der Waals surface area contributed by atoms with Crippen LogP contribution in [0.5, 0.6) is 0 Å². The van der Waals surface area contributed by atoms with Crippen molar-refractivity contribution in [2.24, 2.45) is 11.8 Å². The molecule has 19 heavy (non-hydrogen) atoms. The van der Waals surface area contributed by atoms with E-state index in [9.17, 15) is 0 Å². The smallest absolute Gasteiger partial charge is 0.0230 e. The molecule has 0 unspecified atom stereocenters. The first-order valence-corrected chi connectivity index (χ1v) is 7.60. The first kappa shape index (κ1) is 14.5. The molecule has 1 aliphatic carbocycles. The summed E-state index contributed by atoms with van der Waals surface area (Å²) in [7, 11) is 2.24. The van der Waals surface area contributed by atoms with Crippen molar-refractivity contribution in [3.8, 4) is 0 Å². The highest BCUT2D eigenvalue weighted by molar-refractivity contribution is 5.23. The normalized spacial score (nSPS) is 15.4. The van der Waals surface area contributed by atoms with Crippen LogP contribution in [0, 0.1) is 11.8 Å². The van der Waals surface area contributed by atoms with Gasteiger partial charge in [-0.3, -0.25) is 0 Å². The fourth-order valence-corrected chi connectivity index (χ4v) is 2.46. The van der Waals surface area contributed by atoms with Crippen molar-refractivity contribution in [3.05, 3.63) is 35.4 Å². The Morgan fingerprint density at radius 3 is 2.68 bits per heavy atom. The Hall–Kier alpha value is -0.860. The minimum absolute atomic E-state index is 0.716. The highest BCUT2D eigenvalue weighted by Crippen LogP contribution is 2.29. The van der Waals surface area contributed by atoms with Crippen LogP contribution in [0.4, 0.5) is 0 Å². The second-order valence-electron chi connectivity index (χ2n) is 6.48. The van der Waals surface area contributed by atoms with Gasteiger partial charge in [-0.15, -0.1) is 0 Å². The lowest BCUT2D eigenvalue weighted by Crippen LogP contribution is -2.21. The summed E-state index contributed by atoms with van der Waals surface area (Å²) in [4.78, 5) is 2.46. The van der Waals surface area contributed by atoms with E-state index in [0.717, 1.165) is 25.6 Å². The first-order chi connectivity index (χ1) is 9.13. The van der Waals surface area contributed by atoms with E-state index >= 15 is 0 Å². The van der Waals surface area contributed by atoms with Gasteiger partial charge in [0.05, 0.1) is 0 Å². The van der Waals surface area contributed by atoms with Crippen molar-refractivity contribution in [2.75, 3.05) is 20.1 Å². The summed E-state index contributed by atoms with van der Waals surface area (Å²) in [6.07, 6.45) is 2.87. The van der Waals surface area contributed by atoms with Crippen molar-refractivity contribution in [1.82, 2.24) is 10.2 Å². The second-order valence-corrected chi connectivity index (χ2v) is 6.48. The summed E-state index contributed by atoms with van der Waals surface area (Å²) in [5.41, 5.74) is 2.84. The molecule has 106 valence electrons. The zero-order valence-corrected chi connectivity index (χ0v) is 12.7. The molecule has 0 bridgehead atoms. The van der Waals surface area contributed by atoms with E-state index in [0.29, 0.717) is 5.92 Å². The van der Waals surface area contributed by atoms with Crippen molar-refractivity contribution >= 4 is 0 Å². The van der Waals surface area contributed by atoms with E-state index in [2.05, 4.69) is 55.4 Å². The van der Waals surface area contributed by atoms with Gasteiger partial charge in [0.25, 0.3) is 0 Å². The molecular weight excluding hydrogens is 232 g/mol. The minimum Gasteiger partial charge on any atom is -0.312 e. The minimum atomic E-state index is 0.716. The van der Waals surface area contributed by atoms with Crippen LogP contribution in [-0.4, -0.2) is 25.0 Å². The Balaban J connectivity index is 1.79. The van der Waals surface area contributed by atoms with Crippen LogP contribution in [0.1, 0.15) is 37.8 Å². The lowest BCUT2D eigenvalue weighted by atomic mass is 10.1. The molecule has 0 radical (unpaired) electrons. The molecule has 2 rings (SSSR count). The van der Waals surface area contributed by atoms with E-state index in [-0.39, 0.29) is 0 Å². The number of rotatable bonds is 8. The molecular formula is C17H28N2. The number of benzene rings is 1. The summed E-state index contributed by atoms with van der Waals surface area (Å²) in [6.45, 7) is 8.90. The Kier molecular flexibility index (Phi) is 5.41. The quantitative estimate of drug-likeness (QED) is 0.771. The predicted molar refractivity (Wildman–Crippen MR) is 82.0 cm³/mol. The third-order valence-corrected chi connectivity index (χ3v) is 3.59. The molecule has 1 aliphatic rings. The molecule has 0 heterocycles. The molecule has 0 spiro atoms. The largest absolute Gasteiger partial charge is 0.312 e. The van der Waals surface area contributed by atoms with E-state index in [1.165, 1.54) is 30.5 Å². The topological polar surface area (TPSA) is 15.3 Å². The summed E-state index contributed by atoms with van der Waals surface area (Å²) in [6, 6.07) is 9.00. The van der Waals surface area contributed by atoms with E-state index in [1.54, 1.807) is 0 Å². The second kappa shape index (κ2) is 7.06. The van der Waals surface area contributed by atoms with E-state index in [4.69, 9.17) is 0 Å². The van der Waals surface area contributed by atoms with Gasteiger partial charge in [-0.05, 0) is 49.4 Å². The van der Waals surface area contributed by atoms with Crippen molar-refractivity contribution in [3.63, 3.8) is 0 Å². The van der Waals surface area contributed by atoms with Crippen LogP contribution in [-0.2, 0) is 13.1 Å². The van der Waals surface area contributed by atoms with Gasteiger partial charge >= 0.3 is 0 Å². The van der Waals surface area contributed by atoms with Gasteiger partial charge in [-0.1, -0.05) is 38.1 Å². The number of hydrogen-bond donors (Lipinski definition) is 1. The third-order valence-electron chi connectivity index (χ3n) is 3.59. The Labute approximate surface area is 118 Å². The van der Waals surface area contributed by atoms with Gasteiger partial charge in [0, 0.05) is 19.6 Å². The molecule has 2 nitrogen and oxygen atoms in total. The monoisotopic (exact) mass is 260 g/mol. The molecule has 1 saturated carbocycles. The standard InChI is InChI=1S/C17H28N2/c1-14(2)10-18-11-16-5-4-6-17(9-16)13-19(3)12-15-7-8-15/h4-6,9,14-15,18H,7-8,10-13H2,1-3H3. The molecule has 0 aromatic heterocycles. The molecule has 1 aromatic rings. The van der Waals surface area contributed by atoms with E-state index in [1.807, 2.05) is 0 Å². The van der Waals surface area contributed by atoms with Crippen molar-refractivity contribution in [1.29, 1.82) is 0 Å². The van der Waals surface area contributed by atoms with Gasteiger partial charge < -0.3 is 10.2 Å². The molecule has 0 aliphatic heterocycles. The zero-order valence-electron chi connectivity index (χ0n) is 12.7. The summed E-state index contributed by atoms with van der Waals surface area (Å²) >= 11 is 0. The van der Waals surface area contributed by atoms with Gasteiger partial charge in [-0.2, -0.15) is 0 Å². The first-order valence-electron chi connectivity index (χ1n) is 7.60. The van der Waals surface area contributed by atoms with Crippen molar-refractivity contribution in [2.45, 2.75) is 39.8 Å². The molecule has 1 fully saturated rings. The summed E-state index contributed by atoms with van der Waals surface area (Å²) in [5, 5.41) is 3.51. The van der Waals surface area contributed by atoms with Crippen molar-refractivity contribution < 1.29 is 0 Å². The van der Waals surface area contributed by atoms with Gasteiger partial charge in [0.2, 0.25) is 0 Å². The highest BCUT2D eigenvalue weighted by Gasteiger charge is 2.22. The van der Waals surface area contributed by atoms with Crippen LogP contribution in [0.2, 0.25) is 0 Å². The lowest BCUT2D eigenvalue weighted by molar-refractivity contribution is 0.313. The fourth-order valence-electron chi connectivity index (χ4n) is 2.46. The van der Waals surface area contributed by atoms with Crippen LogP contribution >= 0.6 is 0 Å². The maximum Gasteiger partial charge on any atom is 0.0230 e. The number of nitrogens with one attached hydrogen (secondary N) is 1. The Bertz CT molecular complexity index is 383. The Morgan fingerprint density at radius 1 is 1.26 bits per heavy atom. The number of hydrogen-bond acceptors (Lipinski definition) is 2. The third kappa shape index (κ3) is 5.75. The summed E-state index contributed by atoms with van der Waals surface area (Å²) < 4.78 is 0. The Morgan fingerprint density at radius 2 is 2.00 bits per heavy atom. The summed E-state index contributed by atoms with van der Waals surface area (Å²) in [5.74, 6) is 1.69. The molecule has 2 heteroatoms. The van der Waals surface area contributed by atoms with Crippen LogP contribution in [0.25, 0.3) is 0 Å². The highest BCUT2D eigenvalue weighted by atomic mass is 15.1. The average Bonchev–Trinajstić information content (AvgIpc) is 3.12. The molecule has 0 saturated heterocycles. The van der Waals surface area contributed by atoms with E-state index < -0.39 is 0 Å². The van der Waals surface area contributed by atoms with Gasteiger partial charge in [0.1, 0.15) is 0 Å². The maximum absolute atomic E-state index is 3.51. The molecule has 1 aromatic carbocycles. The maximum atomic E-state index is 3.51. The lowest BCUT2D eigenvalue weighted by Gasteiger charge is -2.17. The molecule has 1 N–H and O–H groups in total. The SMILES string of the molecule is CC(C)CNCc1cccc(CN(C)CC2CC2)c1. The molecule has 0 atom stereocenters. The molecule has 0 amide bonds. The number of nitrogens with zero attached hydrogens (tertiary/aromatic N) is 1.